The van der Waals surface area contributed by atoms with E-state index in [2.05, 4.69) is 29.2 Å². The van der Waals surface area contributed by atoms with Gasteiger partial charge in [0.05, 0.1) is 5.69 Å². The molecule has 0 bridgehead atoms. The van der Waals surface area contributed by atoms with Crippen molar-refractivity contribution in [1.82, 2.24) is 4.98 Å². The first-order chi connectivity index (χ1) is 10.3. The van der Waals surface area contributed by atoms with Crippen molar-refractivity contribution in [3.8, 4) is 11.3 Å². The number of H-pyrrole nitrogens is 1. The van der Waals surface area contributed by atoms with Gasteiger partial charge in [0.1, 0.15) is 0 Å². The largest absolute Gasteiger partial charge is 0.321 e. The summed E-state index contributed by atoms with van der Waals surface area (Å²) in [6, 6.07) is 24.0. The zero-order valence-corrected chi connectivity index (χ0v) is 11.3. The first-order valence-electron chi connectivity index (χ1n) is 6.93. The molecule has 2 nitrogen and oxygen atoms in total. The summed E-state index contributed by atoms with van der Waals surface area (Å²) in [4.78, 5) is 15.0. The van der Waals surface area contributed by atoms with Crippen LogP contribution in [0.4, 0.5) is 0 Å². The lowest BCUT2D eigenvalue weighted by Crippen LogP contribution is -2.05. The van der Waals surface area contributed by atoms with Crippen molar-refractivity contribution in [2.45, 2.75) is 0 Å². The number of aromatic amines is 1. The Balaban J connectivity index is 2.16. The Kier molecular flexibility index (Phi) is 2.61. The van der Waals surface area contributed by atoms with Crippen LogP contribution in [-0.2, 0) is 0 Å². The number of aromatic nitrogens is 1. The van der Waals surface area contributed by atoms with E-state index in [-0.39, 0.29) is 5.56 Å². The molecule has 1 N–H and O–H groups in total. The fourth-order valence-corrected chi connectivity index (χ4v) is 2.87. The summed E-state index contributed by atoms with van der Waals surface area (Å²) in [6.45, 7) is 0. The van der Waals surface area contributed by atoms with E-state index in [0.717, 1.165) is 27.4 Å². The van der Waals surface area contributed by atoms with Gasteiger partial charge in [0, 0.05) is 17.0 Å². The van der Waals surface area contributed by atoms with Crippen LogP contribution in [0.25, 0.3) is 32.8 Å². The molecule has 0 saturated heterocycles. The third-order valence-electron chi connectivity index (χ3n) is 3.82. The second-order valence-corrected chi connectivity index (χ2v) is 5.12. The van der Waals surface area contributed by atoms with Crippen LogP contribution in [0.15, 0.2) is 77.6 Å². The van der Waals surface area contributed by atoms with Crippen LogP contribution in [0.1, 0.15) is 0 Å². The molecular weight excluding hydrogens is 258 g/mol. The number of pyridine rings is 1. The molecule has 1 aromatic heterocycles. The average molecular weight is 271 g/mol. The van der Waals surface area contributed by atoms with E-state index in [0.29, 0.717) is 0 Å². The van der Waals surface area contributed by atoms with Crippen LogP contribution in [0, 0.1) is 0 Å². The van der Waals surface area contributed by atoms with E-state index in [1.165, 1.54) is 5.39 Å². The molecule has 0 amide bonds. The average Bonchev–Trinajstić information content (AvgIpc) is 2.53. The van der Waals surface area contributed by atoms with Crippen LogP contribution in [-0.4, -0.2) is 4.98 Å². The van der Waals surface area contributed by atoms with Gasteiger partial charge in [-0.1, -0.05) is 66.7 Å². The summed E-state index contributed by atoms with van der Waals surface area (Å²) in [5, 5.41) is 4.34. The molecule has 0 saturated carbocycles. The normalized spacial score (nSPS) is 11.0. The molecule has 3 aromatic carbocycles. The summed E-state index contributed by atoms with van der Waals surface area (Å²) in [6.07, 6.45) is 0. The lowest BCUT2D eigenvalue weighted by molar-refractivity contribution is 1.27. The molecule has 0 unspecified atom stereocenters. The van der Waals surface area contributed by atoms with Crippen molar-refractivity contribution in [2.75, 3.05) is 0 Å². The van der Waals surface area contributed by atoms with Gasteiger partial charge in [-0.05, 0) is 16.2 Å². The second-order valence-electron chi connectivity index (χ2n) is 5.12. The zero-order chi connectivity index (χ0) is 14.2. The summed E-state index contributed by atoms with van der Waals surface area (Å²) in [5.74, 6) is 0. The fourth-order valence-electron chi connectivity index (χ4n) is 2.87. The van der Waals surface area contributed by atoms with Gasteiger partial charge in [-0.15, -0.1) is 0 Å². The van der Waals surface area contributed by atoms with Crippen LogP contribution in [0.5, 0.6) is 0 Å². The number of benzene rings is 3. The maximum absolute atomic E-state index is 12.0. The van der Waals surface area contributed by atoms with Gasteiger partial charge in [-0.2, -0.15) is 0 Å². The van der Waals surface area contributed by atoms with Crippen molar-refractivity contribution in [2.24, 2.45) is 0 Å². The Hall–Kier alpha value is -2.87. The first-order valence-corrected chi connectivity index (χ1v) is 6.93. The van der Waals surface area contributed by atoms with Gasteiger partial charge < -0.3 is 4.98 Å². The minimum Gasteiger partial charge on any atom is -0.321 e. The van der Waals surface area contributed by atoms with Gasteiger partial charge in [0.2, 0.25) is 5.56 Å². The molecule has 0 fully saturated rings. The van der Waals surface area contributed by atoms with Crippen LogP contribution in [0.2, 0.25) is 0 Å². The minimum atomic E-state index is -0.0726. The standard InChI is InChI=1S/C19H13NO/c21-18-12-14-7-2-4-10-16(14)19(20-18)17-11-5-8-13-6-1-3-9-15(13)17/h1-12H,(H,20,21). The summed E-state index contributed by atoms with van der Waals surface area (Å²) in [7, 11) is 0. The second kappa shape index (κ2) is 4.60. The molecule has 0 atom stereocenters. The third kappa shape index (κ3) is 1.93. The minimum absolute atomic E-state index is 0.0726. The SMILES string of the molecule is O=c1cc2ccccc2c(-c2cccc3ccccc23)[nH]1. The van der Waals surface area contributed by atoms with Gasteiger partial charge in [-0.3, -0.25) is 4.79 Å². The van der Waals surface area contributed by atoms with Gasteiger partial charge in [-0.25, -0.2) is 0 Å². The van der Waals surface area contributed by atoms with Crippen LogP contribution < -0.4 is 5.56 Å². The molecule has 2 heteroatoms. The van der Waals surface area contributed by atoms with Gasteiger partial charge >= 0.3 is 0 Å². The Morgan fingerprint density at radius 3 is 2.19 bits per heavy atom. The van der Waals surface area contributed by atoms with E-state index in [1.807, 2.05) is 42.5 Å². The molecule has 0 aliphatic rings. The molecular formula is C19H13NO. The monoisotopic (exact) mass is 271 g/mol. The lowest BCUT2D eigenvalue weighted by atomic mass is 9.98. The zero-order valence-electron chi connectivity index (χ0n) is 11.3. The maximum Gasteiger partial charge on any atom is 0.249 e. The molecule has 21 heavy (non-hydrogen) atoms. The number of nitrogens with one attached hydrogen (secondary N) is 1. The predicted octanol–water partition coefficient (Wildman–Crippen LogP) is 4.35. The van der Waals surface area contributed by atoms with E-state index in [4.69, 9.17) is 0 Å². The highest BCUT2D eigenvalue weighted by molar-refractivity contribution is 6.03. The first kappa shape index (κ1) is 11.9. The Morgan fingerprint density at radius 1 is 0.667 bits per heavy atom. The highest BCUT2D eigenvalue weighted by Crippen LogP contribution is 2.31. The number of hydrogen-bond acceptors (Lipinski definition) is 1. The smallest absolute Gasteiger partial charge is 0.249 e. The predicted molar refractivity (Wildman–Crippen MR) is 87.5 cm³/mol. The number of fused-ring (bicyclic) bond motifs is 2. The van der Waals surface area contributed by atoms with Crippen LogP contribution >= 0.6 is 0 Å². The maximum atomic E-state index is 12.0. The van der Waals surface area contributed by atoms with Crippen LogP contribution in [0.3, 0.4) is 0 Å². The van der Waals surface area contributed by atoms with E-state index in [9.17, 15) is 4.79 Å². The summed E-state index contributed by atoms with van der Waals surface area (Å²) >= 11 is 0. The molecule has 0 aliphatic heterocycles. The van der Waals surface area contributed by atoms with E-state index in [1.54, 1.807) is 6.07 Å². The molecule has 0 radical (unpaired) electrons. The highest BCUT2D eigenvalue weighted by atomic mass is 16.1. The van der Waals surface area contributed by atoms with Gasteiger partial charge in [0.15, 0.2) is 0 Å². The molecule has 4 aromatic rings. The topological polar surface area (TPSA) is 32.9 Å². The Bertz CT molecular complexity index is 1010. The summed E-state index contributed by atoms with van der Waals surface area (Å²) in [5.41, 5.74) is 1.87. The van der Waals surface area contributed by atoms with E-state index >= 15 is 0 Å². The third-order valence-corrected chi connectivity index (χ3v) is 3.82. The highest BCUT2D eigenvalue weighted by Gasteiger charge is 2.08. The van der Waals surface area contributed by atoms with Gasteiger partial charge in [0.25, 0.3) is 0 Å². The summed E-state index contributed by atoms with van der Waals surface area (Å²) < 4.78 is 0. The number of rotatable bonds is 1. The fraction of sp³-hybridized carbons (Fsp3) is 0. The lowest BCUT2D eigenvalue weighted by Gasteiger charge is -2.09. The van der Waals surface area contributed by atoms with E-state index < -0.39 is 0 Å². The Morgan fingerprint density at radius 2 is 1.33 bits per heavy atom. The molecule has 100 valence electrons. The molecule has 0 aliphatic carbocycles. The quantitative estimate of drug-likeness (QED) is 0.548. The van der Waals surface area contributed by atoms with Crippen molar-refractivity contribution < 1.29 is 0 Å². The Labute approximate surface area is 121 Å². The van der Waals surface area contributed by atoms with Crippen molar-refractivity contribution in [1.29, 1.82) is 0 Å². The number of hydrogen-bond donors (Lipinski definition) is 1. The molecule has 1 heterocycles. The van der Waals surface area contributed by atoms with Crippen molar-refractivity contribution in [3.63, 3.8) is 0 Å². The molecule has 4 rings (SSSR count). The van der Waals surface area contributed by atoms with Crippen molar-refractivity contribution >= 4 is 21.5 Å². The van der Waals surface area contributed by atoms with Crippen molar-refractivity contribution in [3.05, 3.63) is 83.2 Å². The molecule has 0 spiro atoms.